The van der Waals surface area contributed by atoms with Gasteiger partial charge in [-0.15, -0.1) is 11.6 Å². The Morgan fingerprint density at radius 3 is 2.79 bits per heavy atom. The lowest BCUT2D eigenvalue weighted by molar-refractivity contribution is -0.113. The predicted molar refractivity (Wildman–Crippen MR) is 72.7 cm³/mol. The summed E-state index contributed by atoms with van der Waals surface area (Å²) in [6.45, 7) is 2.04. The number of halogens is 1. The largest absolute Gasteiger partial charge is 0.461 e. The molecule has 1 aromatic rings. The highest BCUT2D eigenvalue weighted by atomic mass is 35.5. The molecule has 0 fully saturated rings. The van der Waals surface area contributed by atoms with Gasteiger partial charge in [0.1, 0.15) is 11.6 Å². The summed E-state index contributed by atoms with van der Waals surface area (Å²) in [6, 6.07) is 0. The second-order valence-electron chi connectivity index (χ2n) is 4.44. The standard InChI is InChI=1S/C13H17ClN2O3/c1-2-19-13(18)12-11(16-10(17)7-14)8-5-3-4-6-9(8)15-12/h15H,2-7H2,1H3,(H,16,17). The van der Waals surface area contributed by atoms with E-state index in [1.807, 2.05) is 0 Å². The van der Waals surface area contributed by atoms with Crippen LogP contribution in [-0.4, -0.2) is 29.3 Å². The lowest BCUT2D eigenvalue weighted by atomic mass is 9.97. The van der Waals surface area contributed by atoms with E-state index in [4.69, 9.17) is 16.3 Å². The van der Waals surface area contributed by atoms with Crippen molar-refractivity contribution < 1.29 is 14.3 Å². The van der Waals surface area contributed by atoms with Crippen LogP contribution in [0, 0.1) is 0 Å². The van der Waals surface area contributed by atoms with Crippen LogP contribution in [0.15, 0.2) is 0 Å². The molecule has 0 aromatic carbocycles. The van der Waals surface area contributed by atoms with Gasteiger partial charge in [0.25, 0.3) is 0 Å². The molecule has 1 amide bonds. The van der Waals surface area contributed by atoms with Gasteiger partial charge in [-0.25, -0.2) is 4.79 Å². The minimum absolute atomic E-state index is 0.137. The molecule has 0 aliphatic heterocycles. The third-order valence-electron chi connectivity index (χ3n) is 3.16. The molecule has 1 aliphatic rings. The van der Waals surface area contributed by atoms with E-state index in [2.05, 4.69) is 10.3 Å². The number of aromatic nitrogens is 1. The number of amides is 1. The Balaban J connectivity index is 2.37. The summed E-state index contributed by atoms with van der Waals surface area (Å²) in [5.41, 5.74) is 2.89. The number of ether oxygens (including phenoxy) is 1. The van der Waals surface area contributed by atoms with Gasteiger partial charge < -0.3 is 15.0 Å². The van der Waals surface area contributed by atoms with Gasteiger partial charge in [-0.2, -0.15) is 0 Å². The van der Waals surface area contributed by atoms with Crippen LogP contribution in [-0.2, 0) is 22.4 Å². The summed E-state index contributed by atoms with van der Waals surface area (Å²) in [4.78, 5) is 26.5. The van der Waals surface area contributed by atoms with Crippen LogP contribution in [0.4, 0.5) is 5.69 Å². The molecule has 0 radical (unpaired) electrons. The number of hydrogen-bond donors (Lipinski definition) is 2. The van der Waals surface area contributed by atoms with Crippen LogP contribution in [0.1, 0.15) is 41.5 Å². The van der Waals surface area contributed by atoms with E-state index in [0.717, 1.165) is 36.9 Å². The minimum atomic E-state index is -0.443. The van der Waals surface area contributed by atoms with Crippen molar-refractivity contribution in [3.63, 3.8) is 0 Å². The highest BCUT2D eigenvalue weighted by Gasteiger charge is 2.25. The number of H-pyrrole nitrogens is 1. The van der Waals surface area contributed by atoms with Crippen LogP contribution < -0.4 is 5.32 Å². The number of esters is 1. The van der Waals surface area contributed by atoms with Crippen molar-refractivity contribution in [2.24, 2.45) is 0 Å². The van der Waals surface area contributed by atoms with Gasteiger partial charge in [0.15, 0.2) is 0 Å². The Morgan fingerprint density at radius 2 is 2.11 bits per heavy atom. The van der Waals surface area contributed by atoms with E-state index in [1.165, 1.54) is 0 Å². The zero-order valence-electron chi connectivity index (χ0n) is 10.8. The summed E-state index contributed by atoms with van der Waals surface area (Å²) in [5, 5.41) is 2.70. The van der Waals surface area contributed by atoms with Crippen LogP contribution in [0.2, 0.25) is 0 Å². The second-order valence-corrected chi connectivity index (χ2v) is 4.71. The topological polar surface area (TPSA) is 71.2 Å². The van der Waals surface area contributed by atoms with E-state index < -0.39 is 5.97 Å². The summed E-state index contributed by atoms with van der Waals surface area (Å²) in [7, 11) is 0. The fraction of sp³-hybridized carbons (Fsp3) is 0.538. The molecule has 0 spiro atoms. The lowest BCUT2D eigenvalue weighted by Gasteiger charge is -2.12. The number of anilines is 1. The first kappa shape index (κ1) is 13.9. The molecule has 2 N–H and O–H groups in total. The lowest BCUT2D eigenvalue weighted by Crippen LogP contribution is -2.17. The van der Waals surface area contributed by atoms with Crippen molar-refractivity contribution in [1.82, 2.24) is 4.98 Å². The number of fused-ring (bicyclic) bond motifs is 1. The van der Waals surface area contributed by atoms with E-state index in [0.29, 0.717) is 18.0 Å². The average Bonchev–Trinajstić information content (AvgIpc) is 2.78. The smallest absolute Gasteiger partial charge is 0.356 e. The highest BCUT2D eigenvalue weighted by Crippen LogP contribution is 2.31. The predicted octanol–water partition coefficient (Wildman–Crippen LogP) is 2.25. The molecular formula is C13H17ClN2O3. The molecule has 2 rings (SSSR count). The van der Waals surface area contributed by atoms with E-state index in [-0.39, 0.29) is 11.8 Å². The number of hydrogen-bond acceptors (Lipinski definition) is 3. The van der Waals surface area contributed by atoms with Crippen LogP contribution in [0.3, 0.4) is 0 Å². The van der Waals surface area contributed by atoms with Crippen molar-refractivity contribution in [2.75, 3.05) is 17.8 Å². The minimum Gasteiger partial charge on any atom is -0.461 e. The monoisotopic (exact) mass is 284 g/mol. The number of aryl methyl sites for hydroxylation is 1. The van der Waals surface area contributed by atoms with Crippen LogP contribution in [0.25, 0.3) is 0 Å². The summed E-state index contributed by atoms with van der Waals surface area (Å²) in [6.07, 6.45) is 3.87. The van der Waals surface area contributed by atoms with Crippen molar-refractivity contribution in [2.45, 2.75) is 32.6 Å². The summed E-state index contributed by atoms with van der Waals surface area (Å²) in [5.74, 6) is -0.899. The number of rotatable bonds is 4. The molecule has 19 heavy (non-hydrogen) atoms. The number of aromatic amines is 1. The SMILES string of the molecule is CCOC(=O)c1[nH]c2c(c1NC(=O)CCl)CCCC2. The Kier molecular flexibility index (Phi) is 4.47. The molecule has 104 valence electrons. The van der Waals surface area contributed by atoms with Gasteiger partial charge in [-0.1, -0.05) is 0 Å². The van der Waals surface area contributed by atoms with Gasteiger partial charge in [-0.05, 0) is 38.2 Å². The Labute approximate surface area is 116 Å². The number of nitrogens with one attached hydrogen (secondary N) is 2. The molecule has 0 bridgehead atoms. The van der Waals surface area contributed by atoms with Crippen molar-refractivity contribution in [1.29, 1.82) is 0 Å². The number of alkyl halides is 1. The zero-order valence-corrected chi connectivity index (χ0v) is 11.6. The Bertz CT molecular complexity index is 496. The maximum atomic E-state index is 11.9. The van der Waals surface area contributed by atoms with E-state index in [1.54, 1.807) is 6.92 Å². The average molecular weight is 285 g/mol. The highest BCUT2D eigenvalue weighted by molar-refractivity contribution is 6.29. The first-order valence-electron chi connectivity index (χ1n) is 6.44. The molecule has 5 nitrogen and oxygen atoms in total. The van der Waals surface area contributed by atoms with Gasteiger partial charge in [0.2, 0.25) is 5.91 Å². The molecule has 1 aliphatic carbocycles. The first-order chi connectivity index (χ1) is 9.17. The van der Waals surface area contributed by atoms with E-state index in [9.17, 15) is 9.59 Å². The molecule has 0 saturated carbocycles. The van der Waals surface area contributed by atoms with Gasteiger partial charge >= 0.3 is 5.97 Å². The first-order valence-corrected chi connectivity index (χ1v) is 6.97. The van der Waals surface area contributed by atoms with Crippen LogP contribution >= 0.6 is 11.6 Å². The molecule has 0 atom stereocenters. The molecule has 1 aromatic heterocycles. The second kappa shape index (κ2) is 6.10. The third-order valence-corrected chi connectivity index (χ3v) is 3.40. The van der Waals surface area contributed by atoms with Crippen molar-refractivity contribution >= 4 is 29.2 Å². The van der Waals surface area contributed by atoms with Gasteiger partial charge in [-0.3, -0.25) is 4.79 Å². The molecule has 0 unspecified atom stereocenters. The molecule has 0 saturated heterocycles. The fourth-order valence-corrected chi connectivity index (χ4v) is 2.42. The maximum Gasteiger partial charge on any atom is 0.356 e. The third kappa shape index (κ3) is 2.92. The normalized spacial score (nSPS) is 13.8. The molecule has 1 heterocycles. The van der Waals surface area contributed by atoms with E-state index >= 15 is 0 Å². The number of carbonyl (C=O) groups excluding carboxylic acids is 2. The van der Waals surface area contributed by atoms with Crippen molar-refractivity contribution in [3.8, 4) is 0 Å². The fourth-order valence-electron chi connectivity index (χ4n) is 2.35. The Hall–Kier alpha value is -1.49. The zero-order chi connectivity index (χ0) is 13.8. The summed E-state index contributed by atoms with van der Waals surface area (Å²) < 4.78 is 5.01. The molecular weight excluding hydrogens is 268 g/mol. The molecule has 6 heteroatoms. The van der Waals surface area contributed by atoms with Gasteiger partial charge in [0.05, 0.1) is 12.3 Å². The Morgan fingerprint density at radius 1 is 1.37 bits per heavy atom. The maximum absolute atomic E-state index is 11.9. The quantitative estimate of drug-likeness (QED) is 0.658. The van der Waals surface area contributed by atoms with Gasteiger partial charge in [0, 0.05) is 5.69 Å². The van der Waals surface area contributed by atoms with Crippen LogP contribution in [0.5, 0.6) is 0 Å². The summed E-state index contributed by atoms with van der Waals surface area (Å²) >= 11 is 5.51. The van der Waals surface area contributed by atoms with Crippen molar-refractivity contribution in [3.05, 3.63) is 17.0 Å². The number of carbonyl (C=O) groups is 2.